The minimum atomic E-state index is -4.66. The number of methoxy groups -OCH3 is 2. The van der Waals surface area contributed by atoms with Gasteiger partial charge in [-0.1, -0.05) is 24.3 Å². The summed E-state index contributed by atoms with van der Waals surface area (Å²) in [5.74, 6) is -0.513. The molecule has 0 aliphatic carbocycles. The summed E-state index contributed by atoms with van der Waals surface area (Å²) < 4.78 is 55.2. The number of hydrogen-bond acceptors (Lipinski definition) is 5. The number of Topliss-reactive ketones (excluding diaryl/α,β-unsaturated/α-hetero) is 1. The number of benzene rings is 2. The molecule has 0 aliphatic heterocycles. The first-order valence-corrected chi connectivity index (χ1v) is 8.94. The van der Waals surface area contributed by atoms with Gasteiger partial charge >= 0.3 is 12.1 Å². The van der Waals surface area contributed by atoms with Crippen molar-refractivity contribution in [1.29, 1.82) is 0 Å². The fourth-order valence-electron chi connectivity index (χ4n) is 2.80. The van der Waals surface area contributed by atoms with Crippen LogP contribution in [-0.4, -0.2) is 32.6 Å². The third-order valence-electron chi connectivity index (χ3n) is 4.25. The van der Waals surface area contributed by atoms with Crippen molar-refractivity contribution < 1.29 is 37.0 Å². The zero-order chi connectivity index (χ0) is 22.3. The maximum Gasteiger partial charge on any atom is 0.417 e. The molecule has 5 nitrogen and oxygen atoms in total. The second kappa shape index (κ2) is 9.96. The van der Waals surface area contributed by atoms with Crippen LogP contribution in [0.5, 0.6) is 11.5 Å². The van der Waals surface area contributed by atoms with Gasteiger partial charge in [-0.15, -0.1) is 0 Å². The smallest absolute Gasteiger partial charge is 0.417 e. The SMILES string of the molecule is COc1ccc(CCOC(=O)C=C(C(C)=O)c2ccccc2C(F)(F)F)cc1OC. The van der Waals surface area contributed by atoms with Crippen molar-refractivity contribution in [2.45, 2.75) is 19.5 Å². The van der Waals surface area contributed by atoms with E-state index in [2.05, 4.69) is 0 Å². The fourth-order valence-corrected chi connectivity index (χ4v) is 2.80. The van der Waals surface area contributed by atoms with Gasteiger partial charge in [-0.2, -0.15) is 13.2 Å². The van der Waals surface area contributed by atoms with E-state index in [0.29, 0.717) is 17.9 Å². The molecule has 0 heterocycles. The lowest BCUT2D eigenvalue weighted by Crippen LogP contribution is -2.12. The van der Waals surface area contributed by atoms with E-state index in [1.54, 1.807) is 18.2 Å². The van der Waals surface area contributed by atoms with E-state index in [9.17, 15) is 22.8 Å². The molecule has 0 spiro atoms. The first-order chi connectivity index (χ1) is 14.2. The Morgan fingerprint density at radius 1 is 1.00 bits per heavy atom. The molecule has 30 heavy (non-hydrogen) atoms. The molecular formula is C22H21F3O5. The average molecular weight is 422 g/mol. The van der Waals surface area contributed by atoms with Gasteiger partial charge in [0.1, 0.15) is 0 Å². The van der Waals surface area contributed by atoms with Crippen LogP contribution in [0, 0.1) is 0 Å². The molecule has 0 amide bonds. The van der Waals surface area contributed by atoms with Crippen LogP contribution in [0.1, 0.15) is 23.6 Å². The van der Waals surface area contributed by atoms with Gasteiger partial charge < -0.3 is 14.2 Å². The van der Waals surface area contributed by atoms with Crippen LogP contribution in [0.3, 0.4) is 0 Å². The molecule has 0 fully saturated rings. The number of halogens is 3. The molecule has 0 saturated heterocycles. The van der Waals surface area contributed by atoms with E-state index >= 15 is 0 Å². The van der Waals surface area contributed by atoms with E-state index < -0.39 is 23.5 Å². The lowest BCUT2D eigenvalue weighted by Gasteiger charge is -2.14. The second-order valence-electron chi connectivity index (χ2n) is 6.26. The number of hydrogen-bond donors (Lipinski definition) is 0. The highest BCUT2D eigenvalue weighted by atomic mass is 19.4. The van der Waals surface area contributed by atoms with Crippen LogP contribution in [0.2, 0.25) is 0 Å². The van der Waals surface area contributed by atoms with Crippen molar-refractivity contribution in [3.05, 3.63) is 65.2 Å². The van der Waals surface area contributed by atoms with E-state index in [1.165, 1.54) is 26.4 Å². The lowest BCUT2D eigenvalue weighted by molar-refractivity contribution is -0.139. The van der Waals surface area contributed by atoms with Crippen molar-refractivity contribution in [1.82, 2.24) is 0 Å². The first kappa shape index (κ1) is 23.0. The van der Waals surface area contributed by atoms with Crippen LogP contribution in [-0.2, 0) is 26.9 Å². The number of rotatable bonds is 8. The van der Waals surface area contributed by atoms with Crippen molar-refractivity contribution in [2.75, 3.05) is 20.8 Å². The predicted molar refractivity (Wildman–Crippen MR) is 104 cm³/mol. The summed E-state index contributed by atoms with van der Waals surface area (Å²) in [6.07, 6.45) is -3.53. The van der Waals surface area contributed by atoms with Gasteiger partial charge in [0.25, 0.3) is 0 Å². The molecule has 2 aromatic rings. The van der Waals surface area contributed by atoms with E-state index in [0.717, 1.165) is 30.7 Å². The third kappa shape index (κ3) is 5.85. The molecule has 0 atom stereocenters. The highest BCUT2D eigenvalue weighted by Gasteiger charge is 2.34. The summed E-state index contributed by atoms with van der Waals surface area (Å²) in [5.41, 5.74) is -0.920. The van der Waals surface area contributed by atoms with E-state index in [4.69, 9.17) is 14.2 Å². The molecule has 8 heteroatoms. The Bertz CT molecular complexity index is 948. The van der Waals surface area contributed by atoms with Gasteiger partial charge in [0.15, 0.2) is 17.3 Å². The topological polar surface area (TPSA) is 61.8 Å². The molecule has 0 bridgehead atoms. The second-order valence-corrected chi connectivity index (χ2v) is 6.26. The van der Waals surface area contributed by atoms with Crippen LogP contribution in [0.15, 0.2) is 48.5 Å². The van der Waals surface area contributed by atoms with Gasteiger partial charge in [-0.25, -0.2) is 4.79 Å². The van der Waals surface area contributed by atoms with E-state index in [1.807, 2.05) is 0 Å². The monoisotopic (exact) mass is 422 g/mol. The molecular weight excluding hydrogens is 401 g/mol. The molecule has 0 unspecified atom stereocenters. The van der Waals surface area contributed by atoms with Gasteiger partial charge in [-0.05, 0) is 36.2 Å². The standard InChI is InChI=1S/C22H21F3O5/c1-14(26)17(16-6-4-5-7-18(16)22(23,24)25)13-21(27)30-11-10-15-8-9-19(28-2)20(12-15)29-3/h4-9,12-13H,10-11H2,1-3H3. The molecule has 0 aliphatic rings. The van der Waals surface area contributed by atoms with Crippen LogP contribution in [0.25, 0.3) is 5.57 Å². The Hall–Kier alpha value is -3.29. The van der Waals surface area contributed by atoms with Crippen molar-refractivity contribution >= 4 is 17.3 Å². The minimum Gasteiger partial charge on any atom is -0.493 e. The fraction of sp³-hybridized carbons (Fsp3) is 0.273. The number of esters is 1. The van der Waals surface area contributed by atoms with Gasteiger partial charge in [0.05, 0.1) is 26.4 Å². The minimum absolute atomic E-state index is 0.0308. The van der Waals surface area contributed by atoms with Gasteiger partial charge in [-0.3, -0.25) is 4.79 Å². The number of ether oxygens (including phenoxy) is 3. The summed E-state index contributed by atoms with van der Waals surface area (Å²) in [6.45, 7) is 1.06. The summed E-state index contributed by atoms with van der Waals surface area (Å²) in [7, 11) is 3.00. The Balaban J connectivity index is 2.14. The molecule has 0 saturated carbocycles. The quantitative estimate of drug-likeness (QED) is 0.464. The third-order valence-corrected chi connectivity index (χ3v) is 4.25. The molecule has 0 radical (unpaired) electrons. The van der Waals surface area contributed by atoms with Crippen molar-refractivity contribution in [3.8, 4) is 11.5 Å². The zero-order valence-electron chi connectivity index (χ0n) is 16.7. The van der Waals surface area contributed by atoms with Crippen LogP contribution in [0.4, 0.5) is 13.2 Å². The molecule has 160 valence electrons. The Morgan fingerprint density at radius 3 is 2.27 bits per heavy atom. The van der Waals surface area contributed by atoms with Gasteiger partial charge in [0, 0.05) is 18.1 Å². The number of carbonyl (C=O) groups excluding carboxylic acids is 2. The summed E-state index contributed by atoms with van der Waals surface area (Å²) >= 11 is 0. The first-order valence-electron chi connectivity index (χ1n) is 8.94. The molecule has 2 aromatic carbocycles. The van der Waals surface area contributed by atoms with Crippen molar-refractivity contribution in [2.24, 2.45) is 0 Å². The summed E-state index contributed by atoms with van der Waals surface area (Å²) in [6, 6.07) is 9.78. The Kier molecular flexibility index (Phi) is 7.63. The highest BCUT2D eigenvalue weighted by molar-refractivity contribution is 6.23. The van der Waals surface area contributed by atoms with Crippen LogP contribution >= 0.6 is 0 Å². The predicted octanol–water partition coefficient (Wildman–Crippen LogP) is 4.48. The van der Waals surface area contributed by atoms with E-state index in [-0.39, 0.29) is 17.7 Å². The van der Waals surface area contributed by atoms with Crippen LogP contribution < -0.4 is 9.47 Å². The zero-order valence-corrected chi connectivity index (χ0v) is 16.7. The largest absolute Gasteiger partial charge is 0.493 e. The summed E-state index contributed by atoms with van der Waals surface area (Å²) in [5, 5.41) is 0. The Labute approximate surface area is 172 Å². The Morgan fingerprint density at radius 2 is 1.67 bits per heavy atom. The molecule has 2 rings (SSSR count). The van der Waals surface area contributed by atoms with Gasteiger partial charge in [0.2, 0.25) is 0 Å². The molecule has 0 aromatic heterocycles. The number of carbonyl (C=O) groups is 2. The lowest BCUT2D eigenvalue weighted by atomic mass is 9.96. The average Bonchev–Trinajstić information content (AvgIpc) is 2.71. The maximum atomic E-state index is 13.2. The normalized spacial score (nSPS) is 11.7. The summed E-state index contributed by atoms with van der Waals surface area (Å²) in [4.78, 5) is 24.0. The number of ketones is 1. The van der Waals surface area contributed by atoms with Crippen molar-refractivity contribution in [3.63, 3.8) is 0 Å². The highest BCUT2D eigenvalue weighted by Crippen LogP contribution is 2.35. The maximum absolute atomic E-state index is 13.2. The number of allylic oxidation sites excluding steroid dienone is 1. The number of alkyl halides is 3. The molecule has 0 N–H and O–H groups in total.